The standard InChI is InChI=1S/C24H18N2O5S/c1-13-4-3-5-19(14(13)2)26-22(28)18(21(27)25-24(26)32)12-17-10-11-20(31-17)15-6-8-16(9-7-15)23(29)30/h3-12H,1-2H3,(H,29,30)(H,25,27,32)/b18-12+. The summed E-state index contributed by atoms with van der Waals surface area (Å²) in [5.41, 5.74) is 3.19. The molecule has 0 bridgehead atoms. The zero-order valence-corrected chi connectivity index (χ0v) is 18.0. The summed E-state index contributed by atoms with van der Waals surface area (Å²) in [6.07, 6.45) is 1.37. The Morgan fingerprint density at radius 1 is 1.06 bits per heavy atom. The maximum absolute atomic E-state index is 13.2. The van der Waals surface area contributed by atoms with Crippen molar-refractivity contribution in [2.24, 2.45) is 0 Å². The van der Waals surface area contributed by atoms with Crippen LogP contribution in [0, 0.1) is 13.8 Å². The second kappa shape index (κ2) is 8.24. The number of aryl methyl sites for hydroxylation is 1. The Bertz CT molecular complexity index is 1300. The number of furan rings is 1. The molecule has 2 aromatic carbocycles. The van der Waals surface area contributed by atoms with Crippen LogP contribution >= 0.6 is 12.2 Å². The monoisotopic (exact) mass is 446 g/mol. The van der Waals surface area contributed by atoms with Crippen LogP contribution in [0.3, 0.4) is 0 Å². The molecule has 4 rings (SSSR count). The van der Waals surface area contributed by atoms with E-state index in [0.29, 0.717) is 22.8 Å². The number of hydrogen-bond acceptors (Lipinski definition) is 5. The number of nitrogens with zero attached hydrogens (tertiary/aromatic N) is 1. The molecule has 0 unspecified atom stereocenters. The molecule has 32 heavy (non-hydrogen) atoms. The largest absolute Gasteiger partial charge is 0.478 e. The van der Waals surface area contributed by atoms with Crippen LogP contribution in [0.4, 0.5) is 5.69 Å². The molecule has 0 radical (unpaired) electrons. The minimum absolute atomic E-state index is 0.0181. The molecule has 3 aromatic rings. The number of thiocarbonyl (C=S) groups is 1. The molecule has 0 spiro atoms. The Labute approximate surface area is 189 Å². The van der Waals surface area contributed by atoms with E-state index in [2.05, 4.69) is 5.32 Å². The fourth-order valence-corrected chi connectivity index (χ4v) is 3.63. The highest BCUT2D eigenvalue weighted by molar-refractivity contribution is 7.80. The molecule has 1 aliphatic rings. The number of carboxylic acid groups (broad SMARTS) is 1. The van der Waals surface area contributed by atoms with Crippen molar-refractivity contribution in [2.45, 2.75) is 13.8 Å². The average Bonchev–Trinajstić information content (AvgIpc) is 3.23. The number of carbonyl (C=O) groups excluding carboxylic acids is 2. The second-order valence-electron chi connectivity index (χ2n) is 7.26. The fraction of sp³-hybridized carbons (Fsp3) is 0.0833. The van der Waals surface area contributed by atoms with E-state index in [1.807, 2.05) is 26.0 Å². The van der Waals surface area contributed by atoms with Crippen LogP contribution in [-0.2, 0) is 9.59 Å². The van der Waals surface area contributed by atoms with Crippen molar-refractivity contribution in [3.8, 4) is 11.3 Å². The average molecular weight is 446 g/mol. The minimum Gasteiger partial charge on any atom is -0.478 e. The van der Waals surface area contributed by atoms with E-state index in [4.69, 9.17) is 21.7 Å². The first-order valence-electron chi connectivity index (χ1n) is 9.67. The van der Waals surface area contributed by atoms with Crippen molar-refractivity contribution in [3.63, 3.8) is 0 Å². The maximum atomic E-state index is 13.2. The molecule has 1 aromatic heterocycles. The quantitative estimate of drug-likeness (QED) is 0.356. The van der Waals surface area contributed by atoms with Gasteiger partial charge in [0.25, 0.3) is 11.8 Å². The first-order chi connectivity index (χ1) is 15.3. The number of aromatic carboxylic acids is 1. The van der Waals surface area contributed by atoms with Gasteiger partial charge in [-0.05, 0) is 73.6 Å². The van der Waals surface area contributed by atoms with Gasteiger partial charge in [0, 0.05) is 5.56 Å². The smallest absolute Gasteiger partial charge is 0.335 e. The number of nitrogens with one attached hydrogen (secondary N) is 1. The summed E-state index contributed by atoms with van der Waals surface area (Å²) in [6.45, 7) is 3.81. The van der Waals surface area contributed by atoms with Crippen molar-refractivity contribution >= 4 is 46.9 Å². The third kappa shape index (κ3) is 3.83. The number of hydrogen-bond donors (Lipinski definition) is 2. The van der Waals surface area contributed by atoms with Gasteiger partial charge in [-0.2, -0.15) is 0 Å². The lowest BCUT2D eigenvalue weighted by Crippen LogP contribution is -2.54. The summed E-state index contributed by atoms with van der Waals surface area (Å²) in [4.78, 5) is 38.0. The topological polar surface area (TPSA) is 99.8 Å². The highest BCUT2D eigenvalue weighted by Gasteiger charge is 2.35. The summed E-state index contributed by atoms with van der Waals surface area (Å²) >= 11 is 5.26. The summed E-state index contributed by atoms with van der Waals surface area (Å²) in [5.74, 6) is -1.40. The predicted molar refractivity (Wildman–Crippen MR) is 123 cm³/mol. The van der Waals surface area contributed by atoms with E-state index in [9.17, 15) is 14.4 Å². The van der Waals surface area contributed by atoms with Crippen LogP contribution in [0.5, 0.6) is 0 Å². The summed E-state index contributed by atoms with van der Waals surface area (Å²) in [6, 6.07) is 15.0. The normalized spacial score (nSPS) is 15.2. The molecule has 1 fully saturated rings. The van der Waals surface area contributed by atoms with E-state index in [0.717, 1.165) is 11.1 Å². The van der Waals surface area contributed by atoms with Gasteiger partial charge in [0.05, 0.1) is 11.3 Å². The molecule has 1 aliphatic heterocycles. The van der Waals surface area contributed by atoms with Gasteiger partial charge in [0.1, 0.15) is 17.1 Å². The minimum atomic E-state index is -1.02. The molecule has 0 saturated carbocycles. The van der Waals surface area contributed by atoms with Crippen molar-refractivity contribution < 1.29 is 23.9 Å². The lowest BCUT2D eigenvalue weighted by atomic mass is 10.0. The number of rotatable bonds is 4. The summed E-state index contributed by atoms with van der Waals surface area (Å²) in [5, 5.41) is 11.6. The number of carbonyl (C=O) groups is 3. The highest BCUT2D eigenvalue weighted by atomic mass is 32.1. The van der Waals surface area contributed by atoms with E-state index < -0.39 is 17.8 Å². The number of anilines is 1. The molecule has 160 valence electrons. The molecule has 7 nitrogen and oxygen atoms in total. The van der Waals surface area contributed by atoms with Crippen molar-refractivity contribution in [3.05, 3.63) is 82.6 Å². The van der Waals surface area contributed by atoms with Crippen LogP contribution < -0.4 is 10.2 Å². The van der Waals surface area contributed by atoms with Crippen LogP contribution in [0.1, 0.15) is 27.2 Å². The molecular formula is C24H18N2O5S. The van der Waals surface area contributed by atoms with Gasteiger partial charge >= 0.3 is 5.97 Å². The number of carboxylic acids is 1. The molecule has 2 N–H and O–H groups in total. The molecule has 2 amide bonds. The lowest BCUT2D eigenvalue weighted by Gasteiger charge is -2.30. The summed E-state index contributed by atoms with van der Waals surface area (Å²) < 4.78 is 5.77. The molecule has 1 saturated heterocycles. The van der Waals surface area contributed by atoms with Gasteiger partial charge in [0.15, 0.2) is 5.11 Å². The van der Waals surface area contributed by atoms with E-state index in [-0.39, 0.29) is 16.2 Å². The summed E-state index contributed by atoms with van der Waals surface area (Å²) in [7, 11) is 0. The maximum Gasteiger partial charge on any atom is 0.335 e. The molecule has 0 atom stereocenters. The Morgan fingerprint density at radius 2 is 1.78 bits per heavy atom. The Kier molecular flexibility index (Phi) is 5.46. The Morgan fingerprint density at radius 3 is 2.47 bits per heavy atom. The van der Waals surface area contributed by atoms with E-state index in [1.165, 1.54) is 23.1 Å². The molecule has 0 aliphatic carbocycles. The number of amides is 2. The van der Waals surface area contributed by atoms with E-state index >= 15 is 0 Å². The van der Waals surface area contributed by atoms with Crippen LogP contribution in [0.2, 0.25) is 0 Å². The van der Waals surface area contributed by atoms with Crippen molar-refractivity contribution in [1.82, 2.24) is 5.32 Å². The Hall–Kier alpha value is -4.04. The lowest BCUT2D eigenvalue weighted by molar-refractivity contribution is -0.122. The van der Waals surface area contributed by atoms with Crippen LogP contribution in [0.15, 0.2) is 64.6 Å². The van der Waals surface area contributed by atoms with Crippen molar-refractivity contribution in [2.75, 3.05) is 4.90 Å². The first kappa shape index (κ1) is 21.2. The van der Waals surface area contributed by atoms with Gasteiger partial charge < -0.3 is 9.52 Å². The zero-order valence-electron chi connectivity index (χ0n) is 17.2. The molecular weight excluding hydrogens is 428 g/mol. The van der Waals surface area contributed by atoms with Gasteiger partial charge in [-0.3, -0.25) is 19.8 Å². The van der Waals surface area contributed by atoms with Crippen molar-refractivity contribution in [1.29, 1.82) is 0 Å². The number of benzene rings is 2. The third-order valence-corrected chi connectivity index (χ3v) is 5.53. The molecule has 2 heterocycles. The van der Waals surface area contributed by atoms with Crippen LogP contribution in [0.25, 0.3) is 17.4 Å². The predicted octanol–water partition coefficient (Wildman–Crippen LogP) is 4.09. The van der Waals surface area contributed by atoms with Gasteiger partial charge in [-0.15, -0.1) is 0 Å². The van der Waals surface area contributed by atoms with Crippen LogP contribution in [-0.4, -0.2) is 28.0 Å². The van der Waals surface area contributed by atoms with Gasteiger partial charge in [-0.1, -0.05) is 24.3 Å². The highest BCUT2D eigenvalue weighted by Crippen LogP contribution is 2.28. The third-order valence-electron chi connectivity index (χ3n) is 5.25. The molecule has 8 heteroatoms. The first-order valence-corrected chi connectivity index (χ1v) is 10.1. The fourth-order valence-electron chi connectivity index (χ4n) is 3.36. The Balaban J connectivity index is 1.67. The van der Waals surface area contributed by atoms with Gasteiger partial charge in [0.2, 0.25) is 0 Å². The zero-order chi connectivity index (χ0) is 23.0. The second-order valence-corrected chi connectivity index (χ2v) is 7.65. The van der Waals surface area contributed by atoms with E-state index in [1.54, 1.807) is 30.3 Å². The van der Waals surface area contributed by atoms with Gasteiger partial charge in [-0.25, -0.2) is 4.79 Å². The SMILES string of the molecule is Cc1cccc(N2C(=O)/C(=C/c3ccc(-c4ccc(C(=O)O)cc4)o3)C(=O)NC2=S)c1C.